The van der Waals surface area contributed by atoms with Gasteiger partial charge in [-0.05, 0) is 12.8 Å². The lowest BCUT2D eigenvalue weighted by atomic mass is 9.99. The van der Waals surface area contributed by atoms with E-state index < -0.39 is 6.04 Å². The van der Waals surface area contributed by atoms with E-state index in [9.17, 15) is 9.59 Å². The molecule has 2 amide bonds. The molecule has 0 saturated carbocycles. The van der Waals surface area contributed by atoms with Gasteiger partial charge in [0.15, 0.2) is 0 Å². The minimum Gasteiger partial charge on any atom is -0.346 e. The summed E-state index contributed by atoms with van der Waals surface area (Å²) in [6.45, 7) is 6.43. The molecule has 0 heterocycles. The Kier molecular flexibility index (Phi) is 6.72. The van der Waals surface area contributed by atoms with E-state index in [0.717, 1.165) is 6.42 Å². The van der Waals surface area contributed by atoms with Crippen molar-refractivity contribution in [1.82, 2.24) is 10.2 Å². The number of nitrogens with one attached hydrogen (secondary N) is 1. The highest BCUT2D eigenvalue weighted by Gasteiger charge is 2.20. The van der Waals surface area contributed by atoms with Crippen molar-refractivity contribution >= 4 is 11.8 Å². The van der Waals surface area contributed by atoms with Crippen LogP contribution >= 0.6 is 0 Å². The molecule has 5 nitrogen and oxygen atoms in total. The molecule has 3 N–H and O–H groups in total. The van der Waals surface area contributed by atoms with Gasteiger partial charge in [0.2, 0.25) is 11.8 Å². The molecule has 0 aromatic heterocycles. The fourth-order valence-corrected chi connectivity index (χ4v) is 1.10. The quantitative estimate of drug-likeness (QED) is 0.671. The maximum Gasteiger partial charge on any atom is 0.241 e. The van der Waals surface area contributed by atoms with E-state index in [1.165, 1.54) is 0 Å². The number of carbonyl (C=O) groups is 2. The fraction of sp³-hybridized carbons (Fsp3) is 0.818. The predicted octanol–water partition coefficient (Wildman–Crippen LogP) is -0.0457. The summed E-state index contributed by atoms with van der Waals surface area (Å²) in [4.78, 5) is 24.5. The van der Waals surface area contributed by atoms with Crippen LogP contribution in [0.4, 0.5) is 0 Å². The topological polar surface area (TPSA) is 75.4 Å². The normalized spacial score (nSPS) is 14.1. The first-order valence-corrected chi connectivity index (χ1v) is 5.71. The average molecular weight is 229 g/mol. The number of hydrogen-bond donors (Lipinski definition) is 2. The average Bonchev–Trinajstić information content (AvgIpc) is 2.32. The van der Waals surface area contributed by atoms with Crippen LogP contribution < -0.4 is 11.1 Å². The Morgan fingerprint density at radius 2 is 1.94 bits per heavy atom. The Bertz CT molecular complexity index is 243. The molecule has 0 saturated heterocycles. The molecule has 94 valence electrons. The molecular formula is C11H23N3O2. The Balaban J connectivity index is 4.03. The van der Waals surface area contributed by atoms with Gasteiger partial charge in [0.1, 0.15) is 0 Å². The van der Waals surface area contributed by atoms with Gasteiger partial charge in [-0.1, -0.05) is 20.3 Å². The Labute approximate surface area is 97.4 Å². The van der Waals surface area contributed by atoms with Crippen molar-refractivity contribution in [3.8, 4) is 0 Å². The largest absolute Gasteiger partial charge is 0.346 e. The molecule has 2 atom stereocenters. The van der Waals surface area contributed by atoms with Crippen molar-refractivity contribution in [2.45, 2.75) is 33.2 Å². The van der Waals surface area contributed by atoms with Crippen molar-refractivity contribution in [3.63, 3.8) is 0 Å². The number of nitrogens with two attached hydrogens (primary N) is 1. The van der Waals surface area contributed by atoms with Crippen LogP contribution in [0, 0.1) is 5.92 Å². The second-order valence-electron chi connectivity index (χ2n) is 4.04. The van der Waals surface area contributed by atoms with Gasteiger partial charge in [-0.2, -0.15) is 0 Å². The first kappa shape index (κ1) is 14.9. The highest BCUT2D eigenvalue weighted by Crippen LogP contribution is 2.04. The number of amides is 2. The van der Waals surface area contributed by atoms with Gasteiger partial charge in [0, 0.05) is 13.6 Å². The van der Waals surface area contributed by atoms with E-state index in [1.54, 1.807) is 11.9 Å². The number of likely N-dealkylation sites (N-methyl/N-ethyl adjacent to an activating group) is 1. The third kappa shape index (κ3) is 4.61. The van der Waals surface area contributed by atoms with Crippen LogP contribution in [0.2, 0.25) is 0 Å². The van der Waals surface area contributed by atoms with E-state index in [1.807, 2.05) is 20.8 Å². The minimum atomic E-state index is -0.537. The molecule has 0 aliphatic rings. The van der Waals surface area contributed by atoms with Crippen molar-refractivity contribution in [2.75, 3.05) is 20.1 Å². The van der Waals surface area contributed by atoms with E-state index in [4.69, 9.17) is 5.73 Å². The van der Waals surface area contributed by atoms with E-state index in [-0.39, 0.29) is 24.3 Å². The second kappa shape index (κ2) is 7.22. The summed E-state index contributed by atoms with van der Waals surface area (Å²) in [5.74, 6) is -0.238. The second-order valence-corrected chi connectivity index (χ2v) is 4.04. The summed E-state index contributed by atoms with van der Waals surface area (Å²) in [5, 5.41) is 2.56. The lowest BCUT2D eigenvalue weighted by Gasteiger charge is -2.19. The summed E-state index contributed by atoms with van der Waals surface area (Å²) in [6, 6.07) is -0.537. The maximum atomic E-state index is 11.6. The zero-order valence-electron chi connectivity index (χ0n) is 10.6. The third-order valence-corrected chi connectivity index (χ3v) is 2.87. The zero-order chi connectivity index (χ0) is 12.7. The Hall–Kier alpha value is -1.10. The van der Waals surface area contributed by atoms with Crippen LogP contribution in [0.5, 0.6) is 0 Å². The molecule has 0 bridgehead atoms. The van der Waals surface area contributed by atoms with E-state index in [0.29, 0.717) is 6.54 Å². The lowest BCUT2D eigenvalue weighted by Crippen LogP contribution is -2.47. The zero-order valence-corrected chi connectivity index (χ0v) is 10.6. The Morgan fingerprint density at radius 1 is 1.38 bits per heavy atom. The van der Waals surface area contributed by atoms with Gasteiger partial charge in [-0.25, -0.2) is 0 Å². The van der Waals surface area contributed by atoms with Gasteiger partial charge in [-0.3, -0.25) is 9.59 Å². The van der Waals surface area contributed by atoms with Crippen LogP contribution in [0.25, 0.3) is 0 Å². The smallest absolute Gasteiger partial charge is 0.241 e. The molecule has 0 aliphatic carbocycles. The fourth-order valence-electron chi connectivity index (χ4n) is 1.10. The summed E-state index contributed by atoms with van der Waals surface area (Å²) in [6.07, 6.45) is 0.845. The molecule has 0 rings (SSSR count). The molecule has 0 aromatic rings. The molecule has 5 heteroatoms. The molecule has 0 spiro atoms. The van der Waals surface area contributed by atoms with Crippen molar-refractivity contribution in [3.05, 3.63) is 0 Å². The summed E-state index contributed by atoms with van der Waals surface area (Å²) in [7, 11) is 1.70. The SMILES string of the molecule is CCC(C)C(N)C(=O)NCC(=O)N(C)CC. The van der Waals surface area contributed by atoms with E-state index >= 15 is 0 Å². The van der Waals surface area contributed by atoms with Crippen LogP contribution in [-0.2, 0) is 9.59 Å². The molecule has 0 aliphatic heterocycles. The van der Waals surface area contributed by atoms with Crippen LogP contribution in [0.3, 0.4) is 0 Å². The van der Waals surface area contributed by atoms with Gasteiger partial charge in [-0.15, -0.1) is 0 Å². The third-order valence-electron chi connectivity index (χ3n) is 2.87. The summed E-state index contributed by atoms with van der Waals surface area (Å²) < 4.78 is 0. The first-order valence-electron chi connectivity index (χ1n) is 5.71. The van der Waals surface area contributed by atoms with Gasteiger partial charge >= 0.3 is 0 Å². The molecule has 2 unspecified atom stereocenters. The first-order chi connectivity index (χ1) is 7.43. The number of hydrogen-bond acceptors (Lipinski definition) is 3. The maximum absolute atomic E-state index is 11.6. The lowest BCUT2D eigenvalue weighted by molar-refractivity contribution is -0.132. The summed E-state index contributed by atoms with van der Waals surface area (Å²) >= 11 is 0. The molecule has 0 aromatic carbocycles. The minimum absolute atomic E-state index is 0.0211. The number of carbonyl (C=O) groups excluding carboxylic acids is 2. The van der Waals surface area contributed by atoms with Gasteiger partial charge in [0.05, 0.1) is 12.6 Å². The molecule has 0 radical (unpaired) electrons. The summed E-state index contributed by atoms with van der Waals surface area (Å²) in [5.41, 5.74) is 5.73. The van der Waals surface area contributed by atoms with Crippen molar-refractivity contribution < 1.29 is 9.59 Å². The molecule has 16 heavy (non-hydrogen) atoms. The Morgan fingerprint density at radius 3 is 2.38 bits per heavy atom. The highest BCUT2D eigenvalue weighted by atomic mass is 16.2. The van der Waals surface area contributed by atoms with Crippen LogP contribution in [0.1, 0.15) is 27.2 Å². The predicted molar refractivity (Wildman–Crippen MR) is 63.8 cm³/mol. The van der Waals surface area contributed by atoms with Crippen molar-refractivity contribution in [1.29, 1.82) is 0 Å². The highest BCUT2D eigenvalue weighted by molar-refractivity contribution is 5.87. The van der Waals surface area contributed by atoms with Gasteiger partial charge < -0.3 is 16.0 Å². The monoisotopic (exact) mass is 229 g/mol. The van der Waals surface area contributed by atoms with E-state index in [2.05, 4.69) is 5.32 Å². The molecular weight excluding hydrogens is 206 g/mol. The van der Waals surface area contributed by atoms with Crippen molar-refractivity contribution in [2.24, 2.45) is 11.7 Å². The number of nitrogens with zero attached hydrogens (tertiary/aromatic N) is 1. The van der Waals surface area contributed by atoms with Gasteiger partial charge in [0.25, 0.3) is 0 Å². The molecule has 0 fully saturated rings. The van der Waals surface area contributed by atoms with Crippen LogP contribution in [-0.4, -0.2) is 42.9 Å². The van der Waals surface area contributed by atoms with Crippen LogP contribution in [0.15, 0.2) is 0 Å². The standard InChI is InChI=1S/C11H23N3O2/c1-5-8(3)10(12)11(16)13-7-9(15)14(4)6-2/h8,10H,5-7,12H2,1-4H3,(H,13,16). The number of rotatable bonds is 6.